The monoisotopic (exact) mass is 507 g/mol. The van der Waals surface area contributed by atoms with Crippen molar-refractivity contribution in [3.63, 3.8) is 0 Å². The van der Waals surface area contributed by atoms with Crippen molar-refractivity contribution in [1.29, 1.82) is 0 Å². The molecule has 3 N–H and O–H groups in total. The number of hydrogen-bond donors (Lipinski definition) is 2. The number of nitrogens with one attached hydrogen (secondary N) is 1. The lowest BCUT2D eigenvalue weighted by Gasteiger charge is -2.13. The number of anilines is 2. The molecule has 0 unspecified atom stereocenters. The van der Waals surface area contributed by atoms with Gasteiger partial charge in [-0.2, -0.15) is 4.98 Å². The van der Waals surface area contributed by atoms with E-state index < -0.39 is 15.6 Å². The van der Waals surface area contributed by atoms with Gasteiger partial charge in [0, 0.05) is 22.8 Å². The minimum atomic E-state index is -3.87. The minimum Gasteiger partial charge on any atom is -0.412 e. The average molecular weight is 508 g/mol. The number of halogens is 2. The van der Waals surface area contributed by atoms with E-state index in [0.717, 1.165) is 4.73 Å². The third kappa shape index (κ3) is 4.79. The van der Waals surface area contributed by atoms with Gasteiger partial charge in [-0.3, -0.25) is 4.79 Å². The van der Waals surface area contributed by atoms with Crippen LogP contribution in [0, 0.1) is 0 Å². The highest BCUT2D eigenvalue weighted by atomic mass is 35.5. The summed E-state index contributed by atoms with van der Waals surface area (Å²) in [4.78, 5) is 26.9. The fourth-order valence-corrected chi connectivity index (χ4v) is 4.27. The molecule has 0 aliphatic heterocycles. The summed E-state index contributed by atoms with van der Waals surface area (Å²) in [5.74, 6) is 0.109. The normalized spacial score (nSPS) is 11.2. The SMILES string of the molecule is C.COn1c(=O)c(-c2c(Cl)cccc2Cl)cc2cnc(Nc3cccc(S(N)(=O)=O)c3)nc21. The molecule has 172 valence electrons. The Bertz CT molecular complexity index is 1500. The van der Waals surface area contributed by atoms with Crippen molar-refractivity contribution in [2.24, 2.45) is 5.14 Å². The van der Waals surface area contributed by atoms with Crippen LogP contribution in [-0.4, -0.2) is 30.2 Å². The lowest BCUT2D eigenvalue weighted by Crippen LogP contribution is -2.27. The van der Waals surface area contributed by atoms with E-state index in [1.54, 1.807) is 30.3 Å². The van der Waals surface area contributed by atoms with Crippen LogP contribution in [-0.2, 0) is 10.0 Å². The fourth-order valence-electron chi connectivity index (χ4n) is 3.11. The number of pyridine rings is 1. The molecular weight excluding hydrogens is 489 g/mol. The van der Waals surface area contributed by atoms with Crippen molar-refractivity contribution in [1.82, 2.24) is 14.7 Å². The maximum absolute atomic E-state index is 13.1. The Morgan fingerprint density at radius 1 is 1.09 bits per heavy atom. The molecular formula is C21H19Cl2N5O4S. The number of benzene rings is 2. The first-order valence-corrected chi connectivity index (χ1v) is 11.3. The number of nitrogens with two attached hydrogens (primary N) is 1. The Morgan fingerprint density at radius 2 is 1.76 bits per heavy atom. The van der Waals surface area contributed by atoms with E-state index in [-0.39, 0.29) is 29.5 Å². The molecule has 0 bridgehead atoms. The van der Waals surface area contributed by atoms with Crippen molar-refractivity contribution in [2.75, 3.05) is 12.4 Å². The van der Waals surface area contributed by atoms with Crippen LogP contribution in [0.3, 0.4) is 0 Å². The van der Waals surface area contributed by atoms with Crippen LogP contribution in [0.25, 0.3) is 22.2 Å². The minimum absolute atomic E-state index is 0. The zero-order valence-electron chi connectivity index (χ0n) is 16.4. The summed E-state index contributed by atoms with van der Waals surface area (Å²) in [5.41, 5.74) is 0.651. The number of rotatable bonds is 5. The molecule has 0 radical (unpaired) electrons. The van der Waals surface area contributed by atoms with Crippen molar-refractivity contribution in [3.8, 4) is 11.1 Å². The third-order valence-electron chi connectivity index (χ3n) is 4.54. The van der Waals surface area contributed by atoms with Gasteiger partial charge in [0.15, 0.2) is 5.65 Å². The molecule has 12 heteroatoms. The summed E-state index contributed by atoms with van der Waals surface area (Å²) in [6.07, 6.45) is 1.48. The van der Waals surface area contributed by atoms with E-state index in [0.29, 0.717) is 26.7 Å². The van der Waals surface area contributed by atoms with Gasteiger partial charge in [-0.1, -0.05) is 42.8 Å². The van der Waals surface area contributed by atoms with E-state index in [9.17, 15) is 13.2 Å². The van der Waals surface area contributed by atoms with Gasteiger partial charge in [-0.15, -0.1) is 4.73 Å². The second kappa shape index (κ2) is 9.36. The molecule has 0 aliphatic rings. The van der Waals surface area contributed by atoms with Crippen LogP contribution in [0.15, 0.2) is 64.4 Å². The summed E-state index contributed by atoms with van der Waals surface area (Å²) >= 11 is 12.6. The molecule has 2 aromatic carbocycles. The van der Waals surface area contributed by atoms with Gasteiger partial charge >= 0.3 is 0 Å². The molecule has 2 heterocycles. The molecule has 0 atom stereocenters. The Morgan fingerprint density at radius 3 is 2.39 bits per heavy atom. The average Bonchev–Trinajstić information content (AvgIpc) is 2.74. The Kier molecular flexibility index (Phi) is 6.94. The highest BCUT2D eigenvalue weighted by molar-refractivity contribution is 7.89. The first-order chi connectivity index (χ1) is 15.2. The zero-order valence-corrected chi connectivity index (χ0v) is 18.7. The van der Waals surface area contributed by atoms with Crippen molar-refractivity contribution >= 4 is 55.9 Å². The zero-order chi connectivity index (χ0) is 23.0. The van der Waals surface area contributed by atoms with Crippen molar-refractivity contribution in [2.45, 2.75) is 12.3 Å². The fraction of sp³-hybridized carbons (Fsp3) is 0.0952. The first kappa shape index (κ1) is 24.5. The Hall–Kier alpha value is -3.18. The summed E-state index contributed by atoms with van der Waals surface area (Å²) in [5, 5.41) is 9.17. The van der Waals surface area contributed by atoms with Crippen molar-refractivity contribution < 1.29 is 13.3 Å². The van der Waals surface area contributed by atoms with Crippen LogP contribution in [0.2, 0.25) is 10.0 Å². The van der Waals surface area contributed by atoms with Crippen LogP contribution in [0.4, 0.5) is 11.6 Å². The van der Waals surface area contributed by atoms with Gasteiger partial charge in [0.25, 0.3) is 5.56 Å². The molecule has 0 spiro atoms. The van der Waals surface area contributed by atoms with Gasteiger partial charge in [0.05, 0.1) is 20.5 Å². The lowest BCUT2D eigenvalue weighted by molar-refractivity contribution is 0.168. The van der Waals surface area contributed by atoms with Gasteiger partial charge in [0.1, 0.15) is 7.11 Å². The second-order valence-electron chi connectivity index (χ2n) is 6.61. The first-order valence-electron chi connectivity index (χ1n) is 9.00. The predicted molar refractivity (Wildman–Crippen MR) is 130 cm³/mol. The van der Waals surface area contributed by atoms with E-state index in [1.807, 2.05) is 0 Å². The number of nitrogens with zero attached hydrogens (tertiary/aromatic N) is 3. The summed E-state index contributed by atoms with van der Waals surface area (Å²) in [7, 11) is -2.55. The smallest absolute Gasteiger partial charge is 0.293 e. The van der Waals surface area contributed by atoms with Gasteiger partial charge in [0.2, 0.25) is 16.0 Å². The number of hydrogen-bond acceptors (Lipinski definition) is 7. The lowest BCUT2D eigenvalue weighted by atomic mass is 10.1. The molecule has 9 nitrogen and oxygen atoms in total. The van der Waals surface area contributed by atoms with E-state index in [4.69, 9.17) is 33.2 Å². The van der Waals surface area contributed by atoms with E-state index in [1.165, 1.54) is 31.5 Å². The van der Waals surface area contributed by atoms with E-state index >= 15 is 0 Å². The van der Waals surface area contributed by atoms with Crippen molar-refractivity contribution in [3.05, 3.63) is 75.1 Å². The van der Waals surface area contributed by atoms with Crippen LogP contribution in [0.1, 0.15) is 7.43 Å². The van der Waals surface area contributed by atoms with Crippen LogP contribution in [0.5, 0.6) is 0 Å². The quantitative estimate of drug-likeness (QED) is 0.419. The molecule has 0 aliphatic carbocycles. The second-order valence-corrected chi connectivity index (χ2v) is 8.98. The highest BCUT2D eigenvalue weighted by Crippen LogP contribution is 2.33. The van der Waals surface area contributed by atoms with Gasteiger partial charge in [-0.25, -0.2) is 18.5 Å². The summed E-state index contributed by atoms with van der Waals surface area (Å²) in [6.45, 7) is 0. The largest absolute Gasteiger partial charge is 0.412 e. The van der Waals surface area contributed by atoms with Gasteiger partial charge < -0.3 is 10.2 Å². The molecule has 33 heavy (non-hydrogen) atoms. The summed E-state index contributed by atoms with van der Waals surface area (Å²) in [6, 6.07) is 12.4. The molecule has 0 saturated carbocycles. The Labute approximate surface area is 199 Å². The highest BCUT2D eigenvalue weighted by Gasteiger charge is 2.18. The maximum Gasteiger partial charge on any atom is 0.293 e. The molecule has 2 aromatic heterocycles. The maximum atomic E-state index is 13.1. The standard InChI is InChI=1S/C20H15Cl2N5O4S.CH4/c1-31-27-18-11(8-14(19(27)28)17-15(21)6-3-7-16(17)22)10-24-20(26-18)25-12-4-2-5-13(9-12)32(23,29)30;/h2-10H,1H3,(H2,23,29,30)(H,24,25,26);1H4. The molecule has 0 fully saturated rings. The van der Waals surface area contributed by atoms with Gasteiger partial charge in [-0.05, 0) is 36.4 Å². The topological polar surface area (TPSA) is 129 Å². The molecule has 0 saturated heterocycles. The number of aromatic nitrogens is 3. The van der Waals surface area contributed by atoms with Crippen LogP contribution < -0.4 is 20.9 Å². The number of sulfonamides is 1. The predicted octanol–water partition coefficient (Wildman–Crippen LogP) is 3.85. The third-order valence-corrected chi connectivity index (χ3v) is 6.08. The summed E-state index contributed by atoms with van der Waals surface area (Å²) < 4.78 is 24.1. The van der Waals surface area contributed by atoms with E-state index in [2.05, 4.69) is 15.3 Å². The molecule has 4 aromatic rings. The number of fused-ring (bicyclic) bond motifs is 1. The molecule has 0 amide bonds. The Balaban J connectivity index is 0.00000306. The van der Waals surface area contributed by atoms with Crippen LogP contribution >= 0.6 is 23.2 Å². The molecule has 4 rings (SSSR count). The number of primary sulfonamides is 1.